The molecular formula is C13H17FN4O2S. The van der Waals surface area contributed by atoms with Crippen molar-refractivity contribution in [3.8, 4) is 0 Å². The number of benzene rings is 1. The quantitative estimate of drug-likeness (QED) is 0.681. The summed E-state index contributed by atoms with van der Waals surface area (Å²) < 4.78 is 40.0. The van der Waals surface area contributed by atoms with Crippen LogP contribution < -0.4 is 10.0 Å². The van der Waals surface area contributed by atoms with Crippen LogP contribution in [0.5, 0.6) is 0 Å². The van der Waals surface area contributed by atoms with E-state index in [-0.39, 0.29) is 10.7 Å². The monoisotopic (exact) mass is 312 g/mol. The molecule has 0 fully saturated rings. The highest BCUT2D eigenvalue weighted by molar-refractivity contribution is 7.92. The molecule has 0 radical (unpaired) electrons. The zero-order chi connectivity index (χ0) is 15.3. The Kier molecular flexibility index (Phi) is 4.92. The SMILES string of the molecule is CCCNCc1cn[nH]c1S(=O)(=O)Nc1cccc(F)c1. The Hall–Kier alpha value is -1.93. The van der Waals surface area contributed by atoms with Gasteiger partial charge in [0.25, 0.3) is 10.0 Å². The molecule has 0 unspecified atom stereocenters. The molecule has 1 aromatic heterocycles. The summed E-state index contributed by atoms with van der Waals surface area (Å²) in [6.45, 7) is 3.19. The van der Waals surface area contributed by atoms with Crippen LogP contribution in [0.4, 0.5) is 10.1 Å². The maximum Gasteiger partial charge on any atom is 0.279 e. The van der Waals surface area contributed by atoms with Crippen molar-refractivity contribution in [2.24, 2.45) is 0 Å². The summed E-state index contributed by atoms with van der Waals surface area (Å²) >= 11 is 0. The minimum absolute atomic E-state index is 0.0182. The van der Waals surface area contributed by atoms with Gasteiger partial charge in [0, 0.05) is 12.1 Å². The van der Waals surface area contributed by atoms with Crippen LogP contribution in [0.3, 0.4) is 0 Å². The molecule has 2 aromatic rings. The summed E-state index contributed by atoms with van der Waals surface area (Å²) in [6.07, 6.45) is 2.41. The van der Waals surface area contributed by atoms with Crippen LogP contribution in [0.15, 0.2) is 35.5 Å². The predicted octanol–water partition coefficient (Wildman–Crippen LogP) is 1.85. The second-order valence-electron chi connectivity index (χ2n) is 4.52. The van der Waals surface area contributed by atoms with Crippen molar-refractivity contribution in [2.45, 2.75) is 24.9 Å². The Morgan fingerprint density at radius 1 is 1.38 bits per heavy atom. The number of sulfonamides is 1. The smallest absolute Gasteiger partial charge is 0.279 e. The standard InChI is InChI=1S/C13H17FN4O2S/c1-2-6-15-8-10-9-16-17-13(10)21(19,20)18-12-5-3-4-11(14)7-12/h3-5,7,9,15,18H,2,6,8H2,1H3,(H,16,17). The highest BCUT2D eigenvalue weighted by Crippen LogP contribution is 2.18. The van der Waals surface area contributed by atoms with E-state index in [0.29, 0.717) is 12.1 Å². The van der Waals surface area contributed by atoms with Gasteiger partial charge in [-0.1, -0.05) is 13.0 Å². The number of rotatable bonds is 7. The lowest BCUT2D eigenvalue weighted by atomic mass is 10.3. The molecule has 1 aromatic carbocycles. The number of hydrogen-bond acceptors (Lipinski definition) is 4. The Labute approximate surface area is 122 Å². The molecule has 0 amide bonds. The number of anilines is 1. The molecule has 6 nitrogen and oxygen atoms in total. The molecule has 0 spiro atoms. The average molecular weight is 312 g/mol. The molecule has 0 aliphatic heterocycles. The normalized spacial score (nSPS) is 11.5. The van der Waals surface area contributed by atoms with E-state index < -0.39 is 15.8 Å². The van der Waals surface area contributed by atoms with Gasteiger partial charge in [-0.2, -0.15) is 13.5 Å². The molecule has 2 rings (SSSR count). The summed E-state index contributed by atoms with van der Waals surface area (Å²) in [5.41, 5.74) is 0.699. The van der Waals surface area contributed by atoms with Crippen LogP contribution >= 0.6 is 0 Å². The number of nitrogens with one attached hydrogen (secondary N) is 3. The first-order chi connectivity index (χ1) is 10.0. The largest absolute Gasteiger partial charge is 0.313 e. The molecular weight excluding hydrogens is 295 g/mol. The van der Waals surface area contributed by atoms with Crippen LogP contribution in [-0.2, 0) is 16.6 Å². The first-order valence-electron chi connectivity index (χ1n) is 6.54. The number of nitrogens with zero attached hydrogens (tertiary/aromatic N) is 1. The third-order valence-corrected chi connectivity index (χ3v) is 4.16. The first-order valence-corrected chi connectivity index (χ1v) is 8.02. The maximum absolute atomic E-state index is 13.1. The molecule has 1 heterocycles. The molecule has 114 valence electrons. The van der Waals surface area contributed by atoms with Crippen molar-refractivity contribution in [3.63, 3.8) is 0 Å². The van der Waals surface area contributed by atoms with E-state index in [2.05, 4.69) is 20.2 Å². The van der Waals surface area contributed by atoms with E-state index in [0.717, 1.165) is 19.0 Å². The van der Waals surface area contributed by atoms with Crippen molar-refractivity contribution in [1.82, 2.24) is 15.5 Å². The van der Waals surface area contributed by atoms with Crippen LogP contribution in [0.1, 0.15) is 18.9 Å². The van der Waals surface area contributed by atoms with E-state index in [1.807, 2.05) is 6.92 Å². The highest BCUT2D eigenvalue weighted by Gasteiger charge is 2.20. The summed E-state index contributed by atoms with van der Waals surface area (Å²) in [7, 11) is -3.83. The van der Waals surface area contributed by atoms with E-state index in [4.69, 9.17) is 0 Å². The fraction of sp³-hybridized carbons (Fsp3) is 0.308. The van der Waals surface area contributed by atoms with Gasteiger partial charge in [-0.05, 0) is 31.2 Å². The molecule has 0 bridgehead atoms. The van der Waals surface area contributed by atoms with Gasteiger partial charge in [-0.3, -0.25) is 9.82 Å². The van der Waals surface area contributed by atoms with Crippen LogP contribution in [0.2, 0.25) is 0 Å². The van der Waals surface area contributed by atoms with Gasteiger partial charge in [-0.25, -0.2) is 4.39 Å². The third-order valence-electron chi connectivity index (χ3n) is 2.77. The Morgan fingerprint density at radius 3 is 2.90 bits per heavy atom. The lowest BCUT2D eigenvalue weighted by Gasteiger charge is -2.08. The average Bonchev–Trinajstić information content (AvgIpc) is 2.88. The molecule has 3 N–H and O–H groups in total. The predicted molar refractivity (Wildman–Crippen MR) is 77.8 cm³/mol. The molecule has 0 aliphatic rings. The van der Waals surface area contributed by atoms with Gasteiger partial charge in [0.15, 0.2) is 5.03 Å². The fourth-order valence-corrected chi connectivity index (χ4v) is 3.00. The number of hydrogen-bond donors (Lipinski definition) is 3. The lowest BCUT2D eigenvalue weighted by Crippen LogP contribution is -2.19. The van der Waals surface area contributed by atoms with Gasteiger partial charge in [0.2, 0.25) is 0 Å². The molecule has 0 saturated carbocycles. The summed E-state index contributed by atoms with van der Waals surface area (Å²) in [5, 5.41) is 9.33. The van der Waals surface area contributed by atoms with Gasteiger partial charge >= 0.3 is 0 Å². The summed E-state index contributed by atoms with van der Waals surface area (Å²) in [6, 6.07) is 5.27. The van der Waals surface area contributed by atoms with Gasteiger partial charge in [0.1, 0.15) is 5.82 Å². The minimum atomic E-state index is -3.83. The third kappa shape index (κ3) is 4.02. The summed E-state index contributed by atoms with van der Waals surface area (Å²) in [4.78, 5) is 0. The number of H-pyrrole nitrogens is 1. The molecule has 8 heteroatoms. The van der Waals surface area contributed by atoms with Crippen molar-refractivity contribution in [1.29, 1.82) is 0 Å². The molecule has 0 atom stereocenters. The van der Waals surface area contributed by atoms with E-state index >= 15 is 0 Å². The van der Waals surface area contributed by atoms with Crippen LogP contribution in [0.25, 0.3) is 0 Å². The lowest BCUT2D eigenvalue weighted by molar-refractivity contribution is 0.593. The Balaban J connectivity index is 2.18. The van der Waals surface area contributed by atoms with Crippen molar-refractivity contribution in [3.05, 3.63) is 41.8 Å². The molecule has 21 heavy (non-hydrogen) atoms. The Morgan fingerprint density at radius 2 is 2.19 bits per heavy atom. The first kappa shape index (κ1) is 15.5. The van der Waals surface area contributed by atoms with Crippen LogP contribution in [0, 0.1) is 5.82 Å². The number of aromatic amines is 1. The van der Waals surface area contributed by atoms with E-state index in [1.54, 1.807) is 0 Å². The fourth-order valence-electron chi connectivity index (χ4n) is 1.82. The minimum Gasteiger partial charge on any atom is -0.313 e. The zero-order valence-electron chi connectivity index (χ0n) is 11.6. The molecule has 0 aliphatic carbocycles. The van der Waals surface area contributed by atoms with E-state index in [1.165, 1.54) is 24.4 Å². The summed E-state index contributed by atoms with van der Waals surface area (Å²) in [5.74, 6) is -0.510. The number of aromatic nitrogens is 2. The zero-order valence-corrected chi connectivity index (χ0v) is 12.4. The van der Waals surface area contributed by atoms with Gasteiger partial charge in [-0.15, -0.1) is 0 Å². The topological polar surface area (TPSA) is 86.9 Å². The van der Waals surface area contributed by atoms with E-state index in [9.17, 15) is 12.8 Å². The van der Waals surface area contributed by atoms with Gasteiger partial charge < -0.3 is 5.32 Å². The number of halogens is 1. The van der Waals surface area contributed by atoms with Crippen LogP contribution in [-0.4, -0.2) is 25.2 Å². The second-order valence-corrected chi connectivity index (χ2v) is 6.14. The maximum atomic E-state index is 13.1. The Bertz CT molecular complexity index is 700. The van der Waals surface area contributed by atoms with Crippen molar-refractivity contribution >= 4 is 15.7 Å². The van der Waals surface area contributed by atoms with Gasteiger partial charge in [0.05, 0.1) is 11.9 Å². The molecule has 0 saturated heterocycles. The van der Waals surface area contributed by atoms with Crippen molar-refractivity contribution < 1.29 is 12.8 Å². The highest BCUT2D eigenvalue weighted by atomic mass is 32.2. The second kappa shape index (κ2) is 6.68. The van der Waals surface area contributed by atoms with Crippen molar-refractivity contribution in [2.75, 3.05) is 11.3 Å².